The van der Waals surface area contributed by atoms with Gasteiger partial charge in [-0.25, -0.2) is 9.97 Å². The van der Waals surface area contributed by atoms with Crippen molar-refractivity contribution in [3.63, 3.8) is 0 Å². The third-order valence-electron chi connectivity index (χ3n) is 3.15. The van der Waals surface area contributed by atoms with Crippen LogP contribution in [0.2, 0.25) is 0 Å². The maximum absolute atomic E-state index is 11.0. The lowest BCUT2D eigenvalue weighted by atomic mass is 10.2. The van der Waals surface area contributed by atoms with E-state index in [0.717, 1.165) is 36.7 Å². The molecule has 1 aliphatic heterocycles. The normalized spacial score (nSPS) is 20.0. The molecule has 2 rings (SSSR count). The summed E-state index contributed by atoms with van der Waals surface area (Å²) in [6.45, 7) is 3.09. The molecule has 0 aromatic carbocycles. The maximum Gasteiger partial charge on any atom is 0.231 e. The van der Waals surface area contributed by atoms with Crippen molar-refractivity contribution in [3.05, 3.63) is 17.6 Å². The van der Waals surface area contributed by atoms with E-state index in [0.29, 0.717) is 0 Å². The number of primary amides is 1. The van der Waals surface area contributed by atoms with Gasteiger partial charge in [0.25, 0.3) is 0 Å². The third kappa shape index (κ3) is 2.76. The van der Waals surface area contributed by atoms with Gasteiger partial charge in [0, 0.05) is 18.8 Å². The standard InChI is InChI=1S/C12H19N5O/c1-8-6-11(14-2)16-12(15-8)9-4-3-5-17(9)7-10(13)18/h6,9H,3-5,7H2,1-2H3,(H2,13,18)(H,14,15,16). The molecule has 2 heterocycles. The van der Waals surface area contributed by atoms with Crippen molar-refractivity contribution in [3.8, 4) is 0 Å². The Balaban J connectivity index is 2.24. The zero-order chi connectivity index (χ0) is 13.1. The first-order valence-electron chi connectivity index (χ1n) is 6.16. The van der Waals surface area contributed by atoms with Gasteiger partial charge in [0.2, 0.25) is 5.91 Å². The number of hydrogen-bond donors (Lipinski definition) is 2. The summed E-state index contributed by atoms with van der Waals surface area (Å²) in [5, 5.41) is 3.03. The Morgan fingerprint density at radius 3 is 3.06 bits per heavy atom. The van der Waals surface area contributed by atoms with Gasteiger partial charge in [-0.1, -0.05) is 0 Å². The van der Waals surface area contributed by atoms with E-state index < -0.39 is 0 Å². The quantitative estimate of drug-likeness (QED) is 0.809. The first-order valence-corrected chi connectivity index (χ1v) is 6.16. The van der Waals surface area contributed by atoms with E-state index in [9.17, 15) is 4.79 Å². The SMILES string of the molecule is CNc1cc(C)nc(C2CCCN2CC(N)=O)n1. The second kappa shape index (κ2) is 5.30. The van der Waals surface area contributed by atoms with Crippen LogP contribution < -0.4 is 11.1 Å². The highest BCUT2D eigenvalue weighted by Gasteiger charge is 2.29. The first kappa shape index (κ1) is 12.8. The Hall–Kier alpha value is -1.69. The predicted molar refractivity (Wildman–Crippen MR) is 69.1 cm³/mol. The van der Waals surface area contributed by atoms with Crippen molar-refractivity contribution >= 4 is 11.7 Å². The number of amides is 1. The van der Waals surface area contributed by atoms with Crippen LogP contribution in [-0.2, 0) is 4.79 Å². The molecule has 0 spiro atoms. The number of anilines is 1. The Morgan fingerprint density at radius 2 is 2.39 bits per heavy atom. The van der Waals surface area contributed by atoms with Crippen molar-refractivity contribution in [2.45, 2.75) is 25.8 Å². The summed E-state index contributed by atoms with van der Waals surface area (Å²) in [6, 6.07) is 2.00. The minimum Gasteiger partial charge on any atom is -0.373 e. The topological polar surface area (TPSA) is 84.1 Å². The molecule has 1 fully saturated rings. The largest absolute Gasteiger partial charge is 0.373 e. The number of nitrogens with one attached hydrogen (secondary N) is 1. The highest BCUT2D eigenvalue weighted by atomic mass is 16.1. The summed E-state index contributed by atoms with van der Waals surface area (Å²) in [5.41, 5.74) is 6.19. The second-order valence-corrected chi connectivity index (χ2v) is 4.60. The second-order valence-electron chi connectivity index (χ2n) is 4.60. The van der Waals surface area contributed by atoms with Gasteiger partial charge in [-0.15, -0.1) is 0 Å². The van der Waals surface area contributed by atoms with Gasteiger partial charge < -0.3 is 11.1 Å². The molecule has 6 nitrogen and oxygen atoms in total. The van der Waals surface area contributed by atoms with Gasteiger partial charge in [-0.2, -0.15) is 0 Å². The van der Waals surface area contributed by atoms with Crippen molar-refractivity contribution in [1.29, 1.82) is 0 Å². The highest BCUT2D eigenvalue weighted by molar-refractivity contribution is 5.76. The molecule has 1 aromatic heterocycles. The van der Waals surface area contributed by atoms with E-state index in [1.54, 1.807) is 0 Å². The average molecular weight is 249 g/mol. The van der Waals surface area contributed by atoms with Crippen molar-refractivity contribution in [2.75, 3.05) is 25.5 Å². The molecule has 18 heavy (non-hydrogen) atoms. The molecule has 1 amide bonds. The molecule has 1 saturated heterocycles. The number of hydrogen-bond acceptors (Lipinski definition) is 5. The Labute approximate surface area is 107 Å². The molecule has 6 heteroatoms. The van der Waals surface area contributed by atoms with Crippen LogP contribution in [0.4, 0.5) is 5.82 Å². The van der Waals surface area contributed by atoms with Gasteiger partial charge in [-0.05, 0) is 26.3 Å². The first-order chi connectivity index (χ1) is 8.60. The van der Waals surface area contributed by atoms with Gasteiger partial charge in [0.1, 0.15) is 11.6 Å². The van der Waals surface area contributed by atoms with Crippen LogP contribution in [0.5, 0.6) is 0 Å². The lowest BCUT2D eigenvalue weighted by Gasteiger charge is -2.22. The van der Waals surface area contributed by atoms with Crippen molar-refractivity contribution in [2.24, 2.45) is 5.73 Å². The summed E-state index contributed by atoms with van der Waals surface area (Å²) >= 11 is 0. The fourth-order valence-electron chi connectivity index (χ4n) is 2.38. The smallest absolute Gasteiger partial charge is 0.231 e. The summed E-state index contributed by atoms with van der Waals surface area (Å²) in [7, 11) is 1.83. The number of rotatable bonds is 4. The van der Waals surface area contributed by atoms with Crippen molar-refractivity contribution in [1.82, 2.24) is 14.9 Å². The maximum atomic E-state index is 11.0. The monoisotopic (exact) mass is 249 g/mol. The minimum absolute atomic E-state index is 0.101. The number of aromatic nitrogens is 2. The van der Waals surface area contributed by atoms with Crippen LogP contribution in [0.25, 0.3) is 0 Å². The number of aryl methyl sites for hydroxylation is 1. The minimum atomic E-state index is -0.302. The molecule has 1 unspecified atom stereocenters. The fourth-order valence-corrected chi connectivity index (χ4v) is 2.38. The lowest BCUT2D eigenvalue weighted by Crippen LogP contribution is -2.34. The summed E-state index contributed by atoms with van der Waals surface area (Å²) in [5.74, 6) is 1.28. The fraction of sp³-hybridized carbons (Fsp3) is 0.583. The summed E-state index contributed by atoms with van der Waals surface area (Å²) < 4.78 is 0. The van der Waals surface area contributed by atoms with Gasteiger partial charge in [0.05, 0.1) is 12.6 Å². The molecule has 1 aliphatic rings. The van der Waals surface area contributed by atoms with Crippen LogP contribution >= 0.6 is 0 Å². The number of nitrogens with two attached hydrogens (primary N) is 1. The van der Waals surface area contributed by atoms with E-state index in [1.165, 1.54) is 0 Å². The van der Waals surface area contributed by atoms with E-state index in [4.69, 9.17) is 5.73 Å². The lowest BCUT2D eigenvalue weighted by molar-refractivity contribution is -0.119. The Bertz CT molecular complexity index is 448. The number of nitrogens with zero attached hydrogens (tertiary/aromatic N) is 3. The van der Waals surface area contributed by atoms with Crippen LogP contribution in [0, 0.1) is 6.92 Å². The van der Waals surface area contributed by atoms with E-state index in [1.807, 2.05) is 20.0 Å². The molecular weight excluding hydrogens is 230 g/mol. The molecular formula is C12H19N5O. The summed E-state index contributed by atoms with van der Waals surface area (Å²) in [4.78, 5) is 22.1. The zero-order valence-electron chi connectivity index (χ0n) is 10.8. The molecule has 98 valence electrons. The molecule has 0 saturated carbocycles. The Morgan fingerprint density at radius 1 is 1.61 bits per heavy atom. The van der Waals surface area contributed by atoms with Crippen LogP contribution in [0.1, 0.15) is 30.4 Å². The van der Waals surface area contributed by atoms with E-state index >= 15 is 0 Å². The molecule has 1 atom stereocenters. The van der Waals surface area contributed by atoms with E-state index in [2.05, 4.69) is 20.2 Å². The number of likely N-dealkylation sites (tertiary alicyclic amines) is 1. The summed E-state index contributed by atoms with van der Waals surface area (Å²) in [6.07, 6.45) is 2.02. The van der Waals surface area contributed by atoms with Crippen LogP contribution in [0.3, 0.4) is 0 Å². The van der Waals surface area contributed by atoms with E-state index in [-0.39, 0.29) is 18.5 Å². The predicted octanol–water partition coefficient (Wildman–Crippen LogP) is 0.449. The zero-order valence-corrected chi connectivity index (χ0v) is 10.8. The molecule has 0 radical (unpaired) electrons. The highest BCUT2D eigenvalue weighted by Crippen LogP contribution is 2.29. The van der Waals surface area contributed by atoms with Gasteiger partial charge >= 0.3 is 0 Å². The molecule has 1 aromatic rings. The molecule has 0 bridgehead atoms. The van der Waals surface area contributed by atoms with Gasteiger partial charge in [0.15, 0.2) is 0 Å². The average Bonchev–Trinajstić information content (AvgIpc) is 2.75. The van der Waals surface area contributed by atoms with Crippen molar-refractivity contribution < 1.29 is 4.79 Å². The Kier molecular flexibility index (Phi) is 3.76. The number of carbonyl (C=O) groups is 1. The van der Waals surface area contributed by atoms with Crippen LogP contribution in [0.15, 0.2) is 6.07 Å². The molecule has 3 N–H and O–H groups in total. The molecule has 0 aliphatic carbocycles. The van der Waals surface area contributed by atoms with Crippen LogP contribution in [-0.4, -0.2) is 40.9 Å². The van der Waals surface area contributed by atoms with Gasteiger partial charge in [-0.3, -0.25) is 9.69 Å². The number of carbonyl (C=O) groups excluding carboxylic acids is 1. The third-order valence-corrected chi connectivity index (χ3v) is 3.15.